The van der Waals surface area contributed by atoms with Crippen molar-refractivity contribution in [3.63, 3.8) is 0 Å². The van der Waals surface area contributed by atoms with Crippen molar-refractivity contribution in [3.8, 4) is 0 Å². The number of carboxylic acids is 1. The molecule has 0 aromatic carbocycles. The molecule has 27 heavy (non-hydrogen) atoms. The highest BCUT2D eigenvalue weighted by Crippen LogP contribution is 2.39. The lowest BCUT2D eigenvalue weighted by Crippen LogP contribution is -2.38. The zero-order valence-electron chi connectivity index (χ0n) is 19.0. The van der Waals surface area contributed by atoms with Crippen LogP contribution in [0.4, 0.5) is 9.59 Å². The van der Waals surface area contributed by atoms with E-state index in [1.54, 1.807) is 41.5 Å². The van der Waals surface area contributed by atoms with Crippen molar-refractivity contribution in [2.45, 2.75) is 94.3 Å². The number of carbonyl (C=O) groups excluding carboxylic acids is 2. The molecule has 0 spiro atoms. The first-order valence-electron chi connectivity index (χ1n) is 8.93. The average Bonchev–Trinajstić information content (AvgIpc) is 2.16. The first kappa shape index (κ1) is 27.4. The van der Waals surface area contributed by atoms with Gasteiger partial charge in [-0.15, -0.1) is 0 Å². The van der Waals surface area contributed by atoms with Gasteiger partial charge in [-0.1, -0.05) is 41.5 Å². The maximum atomic E-state index is 11.0. The van der Waals surface area contributed by atoms with Crippen LogP contribution in [0.2, 0.25) is 0 Å². The molecule has 7 heteroatoms. The molecule has 0 atom stereocenters. The van der Waals surface area contributed by atoms with Crippen LogP contribution in [0.15, 0.2) is 0 Å². The predicted octanol–water partition coefficient (Wildman–Crippen LogP) is 5.65. The Balaban J connectivity index is 0. The van der Waals surface area contributed by atoms with Gasteiger partial charge in [-0.2, -0.15) is 0 Å². The van der Waals surface area contributed by atoms with Crippen LogP contribution in [-0.2, 0) is 19.0 Å². The third-order valence-electron chi connectivity index (χ3n) is 2.92. The minimum Gasteiger partial charge on any atom is -0.481 e. The highest BCUT2D eigenvalue weighted by Gasteiger charge is 2.40. The van der Waals surface area contributed by atoms with Crippen molar-refractivity contribution in [1.82, 2.24) is 0 Å². The third-order valence-corrected chi connectivity index (χ3v) is 2.92. The summed E-state index contributed by atoms with van der Waals surface area (Å²) >= 11 is 0. The second kappa shape index (κ2) is 9.42. The van der Waals surface area contributed by atoms with Crippen molar-refractivity contribution >= 4 is 18.3 Å². The first-order valence-corrected chi connectivity index (χ1v) is 8.93. The number of hydrogen-bond acceptors (Lipinski definition) is 6. The van der Waals surface area contributed by atoms with Crippen molar-refractivity contribution < 1.29 is 33.7 Å². The van der Waals surface area contributed by atoms with Crippen LogP contribution in [0.1, 0.15) is 83.1 Å². The Labute approximate surface area is 163 Å². The Morgan fingerprint density at radius 2 is 0.889 bits per heavy atom. The fourth-order valence-corrected chi connectivity index (χ4v) is 2.65. The minimum absolute atomic E-state index is 0.177. The summed E-state index contributed by atoms with van der Waals surface area (Å²) in [6, 6.07) is 0. The van der Waals surface area contributed by atoms with E-state index in [2.05, 4.69) is 4.74 Å². The van der Waals surface area contributed by atoms with Crippen molar-refractivity contribution in [2.75, 3.05) is 0 Å². The summed E-state index contributed by atoms with van der Waals surface area (Å²) in [4.78, 5) is 33.0. The molecule has 0 bridgehead atoms. The molecule has 0 aliphatic heterocycles. The molecule has 0 saturated heterocycles. The number of rotatable bonds is 1. The van der Waals surface area contributed by atoms with E-state index in [4.69, 9.17) is 14.6 Å². The molecule has 0 saturated carbocycles. The molecule has 1 N–H and O–H groups in total. The number of carboxylic acid groups (broad SMARTS) is 1. The highest BCUT2D eigenvalue weighted by molar-refractivity contribution is 5.77. The van der Waals surface area contributed by atoms with E-state index < -0.39 is 29.5 Å². The van der Waals surface area contributed by atoms with Gasteiger partial charge in [-0.05, 0) is 52.4 Å². The standard InChI is InChI=1S/C10H18O5.C10H20O2/c1-9(2,3)14-7(11)13-8(12)15-10(4,5)6;1-9(2,3)7(8(11)12)10(4,5)6/h1-6H3;7H,1-6H3,(H,11,12). The van der Waals surface area contributed by atoms with Gasteiger partial charge in [0.15, 0.2) is 0 Å². The highest BCUT2D eigenvalue weighted by atomic mass is 16.8. The molecule has 0 aliphatic carbocycles. The molecule has 0 aromatic heterocycles. The number of carbonyl (C=O) groups is 3. The van der Waals surface area contributed by atoms with Crippen LogP contribution >= 0.6 is 0 Å². The molecule has 0 fully saturated rings. The topological polar surface area (TPSA) is 99.1 Å². The van der Waals surface area contributed by atoms with E-state index in [9.17, 15) is 14.4 Å². The van der Waals surface area contributed by atoms with Gasteiger partial charge in [0.25, 0.3) is 0 Å². The van der Waals surface area contributed by atoms with Crippen molar-refractivity contribution in [1.29, 1.82) is 0 Å². The molecule has 0 aromatic rings. The Morgan fingerprint density at radius 1 is 0.630 bits per heavy atom. The van der Waals surface area contributed by atoms with E-state index in [1.165, 1.54) is 0 Å². The molecule has 0 heterocycles. The number of aliphatic carboxylic acids is 1. The van der Waals surface area contributed by atoms with Crippen molar-refractivity contribution in [2.24, 2.45) is 16.7 Å². The zero-order valence-corrected chi connectivity index (χ0v) is 19.0. The van der Waals surface area contributed by atoms with Crippen molar-refractivity contribution in [3.05, 3.63) is 0 Å². The Hall–Kier alpha value is -1.79. The van der Waals surface area contributed by atoms with Crippen LogP contribution in [0.3, 0.4) is 0 Å². The normalized spacial score (nSPS) is 12.6. The SMILES string of the molecule is CC(C)(C)C(C(=O)O)C(C)(C)C.CC(C)(C)OC(=O)OC(=O)OC(C)(C)C. The van der Waals surface area contributed by atoms with E-state index in [1.807, 2.05) is 41.5 Å². The van der Waals surface area contributed by atoms with Crippen LogP contribution < -0.4 is 0 Å². The van der Waals surface area contributed by atoms with E-state index >= 15 is 0 Å². The summed E-state index contributed by atoms with van der Waals surface area (Å²) in [6.07, 6.45) is -2.12. The number of ether oxygens (including phenoxy) is 3. The predicted molar refractivity (Wildman–Crippen MR) is 104 cm³/mol. The second-order valence-corrected chi connectivity index (χ2v) is 10.5. The summed E-state index contributed by atoms with van der Waals surface area (Å²) in [5, 5.41) is 9.04. The average molecular weight is 391 g/mol. The van der Waals surface area contributed by atoms with Gasteiger partial charge in [-0.3, -0.25) is 4.79 Å². The van der Waals surface area contributed by atoms with E-state index in [0.29, 0.717) is 0 Å². The zero-order chi connectivity index (χ0) is 22.4. The Bertz CT molecular complexity index is 468. The molecule has 0 aliphatic rings. The quantitative estimate of drug-likeness (QED) is 0.456. The largest absolute Gasteiger partial charge is 0.519 e. The van der Waals surface area contributed by atoms with E-state index in [0.717, 1.165) is 0 Å². The lowest BCUT2D eigenvalue weighted by atomic mass is 9.67. The molecule has 7 nitrogen and oxygen atoms in total. The lowest BCUT2D eigenvalue weighted by Gasteiger charge is -2.37. The maximum Gasteiger partial charge on any atom is 0.519 e. The molecule has 0 unspecified atom stereocenters. The van der Waals surface area contributed by atoms with Gasteiger partial charge in [0, 0.05) is 0 Å². The van der Waals surface area contributed by atoms with Crippen LogP contribution in [0.5, 0.6) is 0 Å². The fraction of sp³-hybridized carbons (Fsp3) is 0.850. The van der Waals surface area contributed by atoms with Crippen LogP contribution in [0, 0.1) is 16.7 Å². The fourth-order valence-electron chi connectivity index (χ4n) is 2.65. The Kier molecular flexibility index (Phi) is 9.57. The summed E-state index contributed by atoms with van der Waals surface area (Å²) in [7, 11) is 0. The van der Waals surface area contributed by atoms with Gasteiger partial charge >= 0.3 is 18.3 Å². The molecule has 0 radical (unpaired) electrons. The Morgan fingerprint density at radius 3 is 1.00 bits per heavy atom. The monoisotopic (exact) mass is 390 g/mol. The number of hydrogen-bond donors (Lipinski definition) is 1. The van der Waals surface area contributed by atoms with Gasteiger partial charge < -0.3 is 19.3 Å². The third kappa shape index (κ3) is 15.0. The van der Waals surface area contributed by atoms with Crippen LogP contribution in [0.25, 0.3) is 0 Å². The van der Waals surface area contributed by atoms with Gasteiger partial charge in [0.1, 0.15) is 11.2 Å². The second-order valence-electron chi connectivity index (χ2n) is 10.5. The molecular weight excluding hydrogens is 352 g/mol. The van der Waals surface area contributed by atoms with Gasteiger partial charge in [-0.25, -0.2) is 9.59 Å². The van der Waals surface area contributed by atoms with Gasteiger partial charge in [0.2, 0.25) is 0 Å². The molecule has 0 rings (SSSR count). The maximum absolute atomic E-state index is 11.0. The molecule has 160 valence electrons. The summed E-state index contributed by atoms with van der Waals surface area (Å²) < 4.78 is 13.8. The summed E-state index contributed by atoms with van der Waals surface area (Å²) in [5.74, 6) is -1.00. The first-order chi connectivity index (χ1) is 11.6. The summed E-state index contributed by atoms with van der Waals surface area (Å²) in [5.41, 5.74) is -1.74. The smallest absolute Gasteiger partial charge is 0.481 e. The molecular formula is C20H38O7. The van der Waals surface area contributed by atoms with Crippen LogP contribution in [-0.4, -0.2) is 34.6 Å². The summed E-state index contributed by atoms with van der Waals surface area (Å²) in [6.45, 7) is 21.8. The minimum atomic E-state index is -1.06. The van der Waals surface area contributed by atoms with E-state index in [-0.39, 0.29) is 16.7 Å². The van der Waals surface area contributed by atoms with Gasteiger partial charge in [0.05, 0.1) is 5.92 Å². The molecule has 0 amide bonds. The lowest BCUT2D eigenvalue weighted by molar-refractivity contribution is -0.150.